The Bertz CT molecular complexity index is 432. The molecule has 1 aromatic rings. The first-order valence-electron chi connectivity index (χ1n) is 6.47. The van der Waals surface area contributed by atoms with Gasteiger partial charge in [-0.25, -0.2) is 0 Å². The highest BCUT2D eigenvalue weighted by molar-refractivity contribution is 5.95. The predicted molar refractivity (Wildman–Crippen MR) is 72.1 cm³/mol. The molecule has 4 nitrogen and oxygen atoms in total. The molecule has 0 bridgehead atoms. The van der Waals surface area contributed by atoms with Gasteiger partial charge in [0.2, 0.25) is 0 Å². The quantitative estimate of drug-likeness (QED) is 0.835. The van der Waals surface area contributed by atoms with Crippen LogP contribution in [0.25, 0.3) is 0 Å². The Kier molecular flexibility index (Phi) is 4.20. The van der Waals surface area contributed by atoms with Gasteiger partial charge in [0.05, 0.1) is 6.10 Å². The molecule has 2 N–H and O–H groups in total. The summed E-state index contributed by atoms with van der Waals surface area (Å²) in [6, 6.07) is 5.80. The van der Waals surface area contributed by atoms with Crippen molar-refractivity contribution in [2.45, 2.75) is 26.4 Å². The topological polar surface area (TPSA) is 50.4 Å². The molecular formula is C14H20N2O2. The van der Waals surface area contributed by atoms with E-state index in [0.29, 0.717) is 13.2 Å². The molecule has 1 aliphatic heterocycles. The minimum absolute atomic E-state index is 0.0312. The van der Waals surface area contributed by atoms with Crippen molar-refractivity contribution in [1.29, 1.82) is 0 Å². The van der Waals surface area contributed by atoms with E-state index >= 15 is 0 Å². The summed E-state index contributed by atoms with van der Waals surface area (Å²) in [5.41, 5.74) is 3.09. The molecule has 1 aliphatic rings. The predicted octanol–water partition coefficient (Wildman–Crippen LogP) is 1.81. The van der Waals surface area contributed by atoms with Crippen molar-refractivity contribution < 1.29 is 9.53 Å². The molecule has 4 heteroatoms. The summed E-state index contributed by atoms with van der Waals surface area (Å²) in [6.45, 7) is 6.08. The Morgan fingerprint density at radius 2 is 2.39 bits per heavy atom. The summed E-state index contributed by atoms with van der Waals surface area (Å²) >= 11 is 0. The van der Waals surface area contributed by atoms with E-state index in [1.54, 1.807) is 0 Å². The lowest BCUT2D eigenvalue weighted by Gasteiger charge is -2.12. The number of amides is 1. The molecule has 1 aromatic carbocycles. The molecule has 1 atom stereocenters. The van der Waals surface area contributed by atoms with Gasteiger partial charge in [-0.1, -0.05) is 0 Å². The largest absolute Gasteiger partial charge is 0.384 e. The van der Waals surface area contributed by atoms with Gasteiger partial charge in [-0.3, -0.25) is 4.79 Å². The fourth-order valence-electron chi connectivity index (χ4n) is 2.13. The van der Waals surface area contributed by atoms with Crippen molar-refractivity contribution in [3.8, 4) is 0 Å². The van der Waals surface area contributed by atoms with Gasteiger partial charge in [0.1, 0.15) is 0 Å². The van der Waals surface area contributed by atoms with Crippen LogP contribution in [-0.2, 0) is 11.2 Å². The van der Waals surface area contributed by atoms with E-state index < -0.39 is 0 Å². The Hall–Kier alpha value is -1.55. The van der Waals surface area contributed by atoms with E-state index in [1.165, 1.54) is 5.56 Å². The second-order valence-corrected chi connectivity index (χ2v) is 4.52. The molecule has 0 fully saturated rings. The Balaban J connectivity index is 1.93. The lowest BCUT2D eigenvalue weighted by molar-refractivity contribution is 0.0695. The maximum atomic E-state index is 12.0. The van der Waals surface area contributed by atoms with Crippen LogP contribution in [0.5, 0.6) is 0 Å². The van der Waals surface area contributed by atoms with Crippen LogP contribution >= 0.6 is 0 Å². The average Bonchev–Trinajstić information content (AvgIpc) is 2.83. The summed E-state index contributed by atoms with van der Waals surface area (Å²) in [5.74, 6) is -0.0312. The van der Waals surface area contributed by atoms with E-state index in [9.17, 15) is 4.79 Å². The minimum atomic E-state index is -0.0312. The number of carbonyl (C=O) groups excluding carboxylic acids is 1. The molecule has 0 saturated heterocycles. The number of fused-ring (bicyclic) bond motifs is 1. The first-order valence-corrected chi connectivity index (χ1v) is 6.47. The number of nitrogens with one attached hydrogen (secondary N) is 2. The van der Waals surface area contributed by atoms with Gasteiger partial charge in [0, 0.05) is 30.9 Å². The van der Waals surface area contributed by atoms with Crippen molar-refractivity contribution in [2.75, 3.05) is 25.0 Å². The molecule has 98 valence electrons. The summed E-state index contributed by atoms with van der Waals surface area (Å²) in [4.78, 5) is 12.0. The number of carbonyl (C=O) groups is 1. The molecule has 0 radical (unpaired) electrons. The van der Waals surface area contributed by atoms with Crippen LogP contribution in [-0.4, -0.2) is 31.7 Å². The number of benzene rings is 1. The summed E-state index contributed by atoms with van der Waals surface area (Å²) in [5, 5.41) is 6.17. The normalized spacial score (nSPS) is 14.8. The molecule has 1 heterocycles. The van der Waals surface area contributed by atoms with Crippen LogP contribution in [0.1, 0.15) is 29.8 Å². The van der Waals surface area contributed by atoms with Gasteiger partial charge < -0.3 is 15.4 Å². The molecule has 0 aliphatic carbocycles. The van der Waals surface area contributed by atoms with E-state index in [1.807, 2.05) is 32.0 Å². The molecule has 2 rings (SSSR count). The van der Waals surface area contributed by atoms with Gasteiger partial charge in [0.15, 0.2) is 0 Å². The van der Waals surface area contributed by atoms with Crippen LogP contribution < -0.4 is 10.6 Å². The molecule has 1 amide bonds. The Morgan fingerprint density at radius 1 is 1.56 bits per heavy atom. The van der Waals surface area contributed by atoms with Crippen molar-refractivity contribution in [3.05, 3.63) is 29.3 Å². The summed E-state index contributed by atoms with van der Waals surface area (Å²) in [6.07, 6.45) is 1.04. The van der Waals surface area contributed by atoms with Crippen LogP contribution in [0.15, 0.2) is 18.2 Å². The van der Waals surface area contributed by atoms with Crippen molar-refractivity contribution >= 4 is 11.6 Å². The highest BCUT2D eigenvalue weighted by atomic mass is 16.5. The fraction of sp³-hybridized carbons (Fsp3) is 0.500. The number of rotatable bonds is 5. The van der Waals surface area contributed by atoms with E-state index in [4.69, 9.17) is 4.74 Å². The molecule has 1 unspecified atom stereocenters. The number of hydrogen-bond donors (Lipinski definition) is 2. The molecule has 0 spiro atoms. The number of ether oxygens (including phenoxy) is 1. The Labute approximate surface area is 108 Å². The lowest BCUT2D eigenvalue weighted by Crippen LogP contribution is -2.32. The average molecular weight is 248 g/mol. The van der Waals surface area contributed by atoms with Crippen LogP contribution in [0.4, 0.5) is 5.69 Å². The number of anilines is 1. The third-order valence-corrected chi connectivity index (χ3v) is 3.08. The van der Waals surface area contributed by atoms with Gasteiger partial charge >= 0.3 is 0 Å². The van der Waals surface area contributed by atoms with Crippen LogP contribution in [0.2, 0.25) is 0 Å². The van der Waals surface area contributed by atoms with Crippen molar-refractivity contribution in [1.82, 2.24) is 5.32 Å². The molecule has 0 saturated carbocycles. The van der Waals surface area contributed by atoms with Crippen LogP contribution in [0, 0.1) is 0 Å². The van der Waals surface area contributed by atoms with Gasteiger partial charge in [-0.05, 0) is 44.0 Å². The van der Waals surface area contributed by atoms with Crippen LogP contribution in [0.3, 0.4) is 0 Å². The summed E-state index contributed by atoms with van der Waals surface area (Å²) in [7, 11) is 0. The van der Waals surface area contributed by atoms with Gasteiger partial charge in [-0.15, -0.1) is 0 Å². The third-order valence-electron chi connectivity index (χ3n) is 3.08. The third kappa shape index (κ3) is 3.01. The van der Waals surface area contributed by atoms with E-state index in [2.05, 4.69) is 10.6 Å². The maximum absolute atomic E-state index is 12.0. The number of hydrogen-bond acceptors (Lipinski definition) is 3. The Morgan fingerprint density at radius 3 is 3.17 bits per heavy atom. The van der Waals surface area contributed by atoms with E-state index in [-0.39, 0.29) is 12.0 Å². The fourth-order valence-corrected chi connectivity index (χ4v) is 2.13. The van der Waals surface area contributed by atoms with Gasteiger partial charge in [0.25, 0.3) is 5.91 Å². The summed E-state index contributed by atoms with van der Waals surface area (Å²) < 4.78 is 5.38. The molecule has 0 aromatic heterocycles. The second-order valence-electron chi connectivity index (χ2n) is 4.52. The van der Waals surface area contributed by atoms with Crippen molar-refractivity contribution in [3.63, 3.8) is 0 Å². The zero-order valence-electron chi connectivity index (χ0n) is 11.0. The minimum Gasteiger partial charge on any atom is -0.384 e. The van der Waals surface area contributed by atoms with E-state index in [0.717, 1.165) is 24.2 Å². The zero-order chi connectivity index (χ0) is 13.0. The smallest absolute Gasteiger partial charge is 0.251 e. The van der Waals surface area contributed by atoms with Crippen molar-refractivity contribution in [2.24, 2.45) is 0 Å². The lowest BCUT2D eigenvalue weighted by atomic mass is 10.1. The standard InChI is InChI=1S/C14H20N2O2/c1-3-18-10(2)9-16-14(17)12-4-5-13-11(8-12)6-7-15-13/h4-5,8,10,15H,3,6-7,9H2,1-2H3,(H,16,17). The highest BCUT2D eigenvalue weighted by Crippen LogP contribution is 2.22. The molecular weight excluding hydrogens is 228 g/mol. The second kappa shape index (κ2) is 5.87. The highest BCUT2D eigenvalue weighted by Gasteiger charge is 2.13. The SMILES string of the molecule is CCOC(C)CNC(=O)c1ccc2c(c1)CCN2. The van der Waals surface area contributed by atoms with Gasteiger partial charge in [-0.2, -0.15) is 0 Å². The first-order chi connectivity index (χ1) is 8.70. The molecule has 18 heavy (non-hydrogen) atoms. The first kappa shape index (κ1) is 12.9. The maximum Gasteiger partial charge on any atom is 0.251 e. The zero-order valence-corrected chi connectivity index (χ0v) is 11.0. The monoisotopic (exact) mass is 248 g/mol.